The molecule has 9 aromatic carbocycles. The lowest BCUT2D eigenvalue weighted by Gasteiger charge is -2.28. The van der Waals surface area contributed by atoms with Crippen molar-refractivity contribution in [3.63, 3.8) is 0 Å². The number of anilines is 3. The van der Waals surface area contributed by atoms with Gasteiger partial charge >= 0.3 is 0 Å². The summed E-state index contributed by atoms with van der Waals surface area (Å²) in [6, 6.07) is 74.7. The van der Waals surface area contributed by atoms with Gasteiger partial charge < -0.3 is 9.47 Å². The Balaban J connectivity index is 1.15. The maximum absolute atomic E-state index is 2.42. The normalized spacial score (nSPS) is 11.5. The molecular formula is C50H34N2. The fourth-order valence-electron chi connectivity index (χ4n) is 7.89. The number of fused-ring (bicyclic) bond motifs is 5. The van der Waals surface area contributed by atoms with Gasteiger partial charge in [-0.15, -0.1) is 0 Å². The molecule has 10 aromatic rings. The van der Waals surface area contributed by atoms with Crippen molar-refractivity contribution >= 4 is 60.4 Å². The highest BCUT2D eigenvalue weighted by atomic mass is 15.2. The zero-order chi connectivity index (χ0) is 34.4. The molecule has 0 saturated heterocycles. The van der Waals surface area contributed by atoms with Crippen molar-refractivity contribution in [3.8, 4) is 27.9 Å². The average Bonchev–Trinajstić information content (AvgIpc) is 3.55. The van der Waals surface area contributed by atoms with Crippen molar-refractivity contribution in [1.29, 1.82) is 0 Å². The fraction of sp³-hybridized carbons (Fsp3) is 0. The maximum Gasteiger partial charge on any atom is 0.0702 e. The van der Waals surface area contributed by atoms with E-state index in [-0.39, 0.29) is 0 Å². The van der Waals surface area contributed by atoms with Crippen molar-refractivity contribution in [2.45, 2.75) is 0 Å². The maximum atomic E-state index is 2.42. The first-order valence-corrected chi connectivity index (χ1v) is 17.9. The van der Waals surface area contributed by atoms with E-state index in [1.165, 1.54) is 65.6 Å². The highest BCUT2D eigenvalue weighted by molar-refractivity contribution is 6.10. The zero-order valence-corrected chi connectivity index (χ0v) is 28.5. The van der Waals surface area contributed by atoms with Crippen LogP contribution in [0.1, 0.15) is 0 Å². The summed E-state index contributed by atoms with van der Waals surface area (Å²) >= 11 is 0. The standard InChI is InChI=1S/C50H34N2/c1-2-14-39-34-40(25-24-35(39)12-1)36-26-30-41(31-27-36)51(42-32-28-38(29-33-42)44-19-11-15-37-13-3-4-16-43(37)44)49-22-9-10-23-50(49)52-47-20-7-5-17-45(47)46-18-6-8-21-48(46)52/h1-34H. The van der Waals surface area contributed by atoms with Gasteiger partial charge in [0.1, 0.15) is 0 Å². The quantitative estimate of drug-likeness (QED) is 0.172. The molecule has 0 unspecified atom stereocenters. The van der Waals surface area contributed by atoms with E-state index in [4.69, 9.17) is 0 Å². The number of hydrogen-bond acceptors (Lipinski definition) is 1. The van der Waals surface area contributed by atoms with Crippen molar-refractivity contribution in [3.05, 3.63) is 206 Å². The van der Waals surface area contributed by atoms with E-state index >= 15 is 0 Å². The van der Waals surface area contributed by atoms with Gasteiger partial charge in [-0.1, -0.05) is 152 Å². The van der Waals surface area contributed by atoms with E-state index in [0.29, 0.717) is 0 Å². The first-order valence-electron chi connectivity index (χ1n) is 17.9. The van der Waals surface area contributed by atoms with E-state index in [0.717, 1.165) is 22.7 Å². The first-order chi connectivity index (χ1) is 25.8. The Kier molecular flexibility index (Phi) is 7.18. The zero-order valence-electron chi connectivity index (χ0n) is 28.5. The van der Waals surface area contributed by atoms with Crippen LogP contribution in [-0.2, 0) is 0 Å². The highest BCUT2D eigenvalue weighted by Gasteiger charge is 2.20. The average molecular weight is 663 g/mol. The van der Waals surface area contributed by atoms with Crippen LogP contribution >= 0.6 is 0 Å². The molecule has 0 aliphatic carbocycles. The number of hydrogen-bond donors (Lipinski definition) is 0. The van der Waals surface area contributed by atoms with Crippen molar-refractivity contribution < 1.29 is 0 Å². The van der Waals surface area contributed by atoms with Crippen molar-refractivity contribution in [1.82, 2.24) is 4.57 Å². The Hall–Kier alpha value is -6.90. The van der Waals surface area contributed by atoms with Crippen LogP contribution in [0.25, 0.3) is 71.3 Å². The van der Waals surface area contributed by atoms with Crippen LogP contribution in [0.3, 0.4) is 0 Å². The molecule has 0 aliphatic heterocycles. The van der Waals surface area contributed by atoms with Gasteiger partial charge in [0.2, 0.25) is 0 Å². The van der Waals surface area contributed by atoms with Crippen LogP contribution in [0.2, 0.25) is 0 Å². The van der Waals surface area contributed by atoms with Crippen molar-refractivity contribution in [2.24, 2.45) is 0 Å². The summed E-state index contributed by atoms with van der Waals surface area (Å²) in [6.07, 6.45) is 0. The summed E-state index contributed by atoms with van der Waals surface area (Å²) in [5.41, 5.74) is 11.6. The topological polar surface area (TPSA) is 8.17 Å². The Morgan fingerprint density at radius 1 is 0.327 bits per heavy atom. The van der Waals surface area contributed by atoms with Gasteiger partial charge in [-0.3, -0.25) is 0 Å². The summed E-state index contributed by atoms with van der Waals surface area (Å²) in [5, 5.41) is 7.50. The lowest BCUT2D eigenvalue weighted by atomic mass is 9.98. The van der Waals surface area contributed by atoms with Gasteiger partial charge in [0.15, 0.2) is 0 Å². The lowest BCUT2D eigenvalue weighted by Crippen LogP contribution is -2.13. The second-order valence-electron chi connectivity index (χ2n) is 13.4. The van der Waals surface area contributed by atoms with Gasteiger partial charge in [0.25, 0.3) is 0 Å². The van der Waals surface area contributed by atoms with Crippen LogP contribution in [0.15, 0.2) is 206 Å². The van der Waals surface area contributed by atoms with Crippen LogP contribution < -0.4 is 4.90 Å². The molecule has 0 amide bonds. The van der Waals surface area contributed by atoms with Gasteiger partial charge in [-0.05, 0) is 98.4 Å². The SMILES string of the molecule is c1ccc(-n2c3ccccc3c3ccccc32)c(N(c2ccc(-c3ccc4ccccc4c3)cc2)c2ccc(-c3cccc4ccccc34)cc2)c1. The molecule has 2 heteroatoms. The first kappa shape index (κ1) is 30.0. The van der Waals surface area contributed by atoms with Gasteiger partial charge in [-0.25, -0.2) is 0 Å². The van der Waals surface area contributed by atoms with Crippen LogP contribution in [0.5, 0.6) is 0 Å². The largest absolute Gasteiger partial charge is 0.308 e. The predicted molar refractivity (Wildman–Crippen MR) is 221 cm³/mol. The van der Waals surface area contributed by atoms with E-state index in [1.54, 1.807) is 0 Å². The van der Waals surface area contributed by atoms with Crippen molar-refractivity contribution in [2.75, 3.05) is 4.90 Å². The summed E-state index contributed by atoms with van der Waals surface area (Å²) < 4.78 is 2.42. The molecule has 0 N–H and O–H groups in total. The smallest absolute Gasteiger partial charge is 0.0702 e. The summed E-state index contributed by atoms with van der Waals surface area (Å²) in [4.78, 5) is 2.40. The fourth-order valence-corrected chi connectivity index (χ4v) is 7.89. The number of benzene rings is 9. The summed E-state index contributed by atoms with van der Waals surface area (Å²) in [5.74, 6) is 0. The Morgan fingerprint density at radius 2 is 0.846 bits per heavy atom. The van der Waals surface area contributed by atoms with E-state index in [2.05, 4.69) is 216 Å². The molecule has 0 atom stereocenters. The third kappa shape index (κ3) is 5.04. The minimum Gasteiger partial charge on any atom is -0.308 e. The molecule has 0 spiro atoms. The summed E-state index contributed by atoms with van der Waals surface area (Å²) in [6.45, 7) is 0. The van der Waals surface area contributed by atoms with Crippen LogP contribution in [0, 0.1) is 0 Å². The minimum absolute atomic E-state index is 1.09. The lowest BCUT2D eigenvalue weighted by molar-refractivity contribution is 1.15. The molecule has 0 bridgehead atoms. The molecule has 1 aromatic heterocycles. The van der Waals surface area contributed by atoms with E-state index in [9.17, 15) is 0 Å². The molecular weight excluding hydrogens is 629 g/mol. The predicted octanol–water partition coefficient (Wildman–Crippen LogP) is 13.9. The number of nitrogens with zero attached hydrogens (tertiary/aromatic N) is 2. The van der Waals surface area contributed by atoms with E-state index in [1.807, 2.05) is 0 Å². The second-order valence-corrected chi connectivity index (χ2v) is 13.4. The van der Waals surface area contributed by atoms with Gasteiger partial charge in [0.05, 0.1) is 22.4 Å². The molecule has 52 heavy (non-hydrogen) atoms. The highest BCUT2D eigenvalue weighted by Crippen LogP contribution is 2.43. The summed E-state index contributed by atoms with van der Waals surface area (Å²) in [7, 11) is 0. The van der Waals surface area contributed by atoms with Gasteiger partial charge in [-0.2, -0.15) is 0 Å². The number of rotatable bonds is 6. The molecule has 0 fully saturated rings. The monoisotopic (exact) mass is 662 g/mol. The van der Waals surface area contributed by atoms with E-state index < -0.39 is 0 Å². The molecule has 0 saturated carbocycles. The molecule has 244 valence electrons. The third-order valence-electron chi connectivity index (χ3n) is 10.4. The Morgan fingerprint density at radius 3 is 1.56 bits per heavy atom. The van der Waals surface area contributed by atoms with Crippen LogP contribution in [0.4, 0.5) is 17.1 Å². The van der Waals surface area contributed by atoms with Gasteiger partial charge in [0, 0.05) is 22.1 Å². The minimum atomic E-state index is 1.09. The second kappa shape index (κ2) is 12.5. The number of aromatic nitrogens is 1. The van der Waals surface area contributed by atoms with Crippen LogP contribution in [-0.4, -0.2) is 4.57 Å². The molecule has 0 radical (unpaired) electrons. The molecule has 1 heterocycles. The Bertz CT molecular complexity index is 2840. The molecule has 0 aliphatic rings. The molecule has 2 nitrogen and oxygen atoms in total. The number of para-hydroxylation sites is 4. The Labute approximate surface area is 303 Å². The molecule has 10 rings (SSSR count). The third-order valence-corrected chi connectivity index (χ3v) is 10.4.